The summed E-state index contributed by atoms with van der Waals surface area (Å²) >= 11 is 4.81. The summed E-state index contributed by atoms with van der Waals surface area (Å²) in [5, 5.41) is 1.40. The minimum absolute atomic E-state index is 0. The van der Waals surface area contributed by atoms with Crippen LogP contribution in [-0.4, -0.2) is 58.6 Å². The number of nitrogens with zero attached hydrogens (tertiary/aromatic N) is 2. The molecule has 2 aromatic rings. The summed E-state index contributed by atoms with van der Waals surface area (Å²) in [4.78, 5) is 80.8. The standard InChI is InChI=1S/C10H10F2N2O3.C6H6F2N2.C4H5ClO3.2CO2.CH4/c1-5-7(11)3-8(12)10(13-5)14-9(16)4-17-6(2)15;1-3-4(7)2-5(8)6(9)10-3;1-3(6)8-2-4(5)7;2*2-1-3;/h3H,4H2,1-2H3,(H,13,14,16);2H,1H3,(H2,9,10);2H2,1H3;;;1H4. The summed E-state index contributed by atoms with van der Waals surface area (Å²) in [6.07, 6.45) is 0.500. The molecule has 42 heavy (non-hydrogen) atoms. The highest BCUT2D eigenvalue weighted by molar-refractivity contribution is 6.64. The molecule has 0 aliphatic rings. The third kappa shape index (κ3) is 24.0. The number of aromatic nitrogens is 2. The van der Waals surface area contributed by atoms with Crippen molar-refractivity contribution in [3.8, 4) is 0 Å². The van der Waals surface area contributed by atoms with E-state index in [0.717, 1.165) is 13.0 Å². The SMILES string of the molecule is C.CC(=O)OCC(=O)Cl.CC(=O)OCC(=O)Nc1nc(C)c(F)cc1F.Cc1nc(N)c(F)cc1F.O=C=O.O=C=O. The number of hydrogen-bond donors (Lipinski definition) is 2. The van der Waals surface area contributed by atoms with Crippen LogP contribution in [0.5, 0.6) is 0 Å². The highest BCUT2D eigenvalue weighted by Crippen LogP contribution is 2.14. The Morgan fingerprint density at radius 2 is 1.19 bits per heavy atom. The van der Waals surface area contributed by atoms with Crippen molar-refractivity contribution in [2.24, 2.45) is 0 Å². The molecule has 0 saturated carbocycles. The van der Waals surface area contributed by atoms with Crippen LogP contribution >= 0.6 is 11.6 Å². The normalized spacial score (nSPS) is 8.31. The van der Waals surface area contributed by atoms with Crippen molar-refractivity contribution < 1.29 is 65.4 Å². The molecule has 2 rings (SSSR count). The maximum atomic E-state index is 13.2. The number of carbonyl (C=O) groups excluding carboxylic acids is 8. The molecular weight excluding hydrogens is 604 g/mol. The van der Waals surface area contributed by atoms with Gasteiger partial charge >= 0.3 is 24.2 Å². The van der Waals surface area contributed by atoms with Crippen molar-refractivity contribution in [2.75, 3.05) is 24.3 Å². The number of nitrogen functional groups attached to an aromatic ring is 1. The number of nitrogens with two attached hydrogens (primary N) is 1. The Bertz CT molecular complexity index is 1190. The van der Waals surface area contributed by atoms with Gasteiger partial charge in [0, 0.05) is 26.0 Å². The van der Waals surface area contributed by atoms with E-state index in [2.05, 4.69) is 24.8 Å². The third-order valence-electron chi connectivity index (χ3n) is 3.29. The Morgan fingerprint density at radius 1 is 0.810 bits per heavy atom. The van der Waals surface area contributed by atoms with Crippen LogP contribution in [-0.2, 0) is 47.8 Å². The smallest absolute Gasteiger partial charge is 0.373 e. The lowest BCUT2D eigenvalue weighted by Gasteiger charge is -2.06. The Kier molecular flexibility index (Phi) is 26.1. The molecule has 0 fully saturated rings. The molecule has 2 aromatic heterocycles. The zero-order chi connectivity index (χ0) is 32.7. The fraction of sp³-hybridized carbons (Fsp3) is 0.304. The van der Waals surface area contributed by atoms with Gasteiger partial charge in [0.1, 0.15) is 11.6 Å². The first-order chi connectivity index (χ1) is 19.0. The molecule has 0 aliphatic carbocycles. The zero-order valence-corrected chi connectivity index (χ0v) is 22.3. The van der Waals surface area contributed by atoms with Crippen LogP contribution in [0.15, 0.2) is 12.1 Å². The molecule has 2 heterocycles. The Labute approximate surface area is 240 Å². The van der Waals surface area contributed by atoms with E-state index in [-0.39, 0.29) is 43.5 Å². The van der Waals surface area contributed by atoms with E-state index in [4.69, 9.17) is 36.5 Å². The second-order valence-corrected chi connectivity index (χ2v) is 6.86. The van der Waals surface area contributed by atoms with Crippen LogP contribution < -0.4 is 11.1 Å². The van der Waals surface area contributed by atoms with E-state index in [1.807, 2.05) is 0 Å². The lowest BCUT2D eigenvalue weighted by atomic mass is 10.3. The second kappa shape index (κ2) is 25.0. The number of hydrogen-bond acceptors (Lipinski definition) is 13. The van der Waals surface area contributed by atoms with Crippen LogP contribution in [0, 0.1) is 37.1 Å². The molecule has 14 nitrogen and oxygen atoms in total. The van der Waals surface area contributed by atoms with Crippen molar-refractivity contribution in [2.45, 2.75) is 35.1 Å². The largest absolute Gasteiger partial charge is 0.456 e. The predicted octanol–water partition coefficient (Wildman–Crippen LogP) is 2.20. The summed E-state index contributed by atoms with van der Waals surface area (Å²) in [6, 6.07) is 1.33. The minimum Gasteiger partial charge on any atom is -0.456 e. The van der Waals surface area contributed by atoms with Gasteiger partial charge in [0.15, 0.2) is 36.5 Å². The number of halogens is 5. The predicted molar refractivity (Wildman–Crippen MR) is 132 cm³/mol. The third-order valence-corrected chi connectivity index (χ3v) is 3.40. The van der Waals surface area contributed by atoms with Gasteiger partial charge in [-0.15, -0.1) is 0 Å². The van der Waals surface area contributed by atoms with Gasteiger partial charge < -0.3 is 20.5 Å². The lowest BCUT2D eigenvalue weighted by molar-refractivity contribution is -0.193. The first-order valence-corrected chi connectivity index (χ1v) is 10.5. The number of carbonyl (C=O) groups is 4. The first kappa shape index (κ1) is 44.0. The van der Waals surface area contributed by atoms with Crippen LogP contribution in [0.1, 0.15) is 32.7 Å². The van der Waals surface area contributed by atoms with E-state index < -0.39 is 58.8 Å². The van der Waals surface area contributed by atoms with Gasteiger partial charge in [-0.05, 0) is 25.4 Å². The average Bonchev–Trinajstić information content (AvgIpc) is 2.85. The molecular formula is C23H25ClF4N4O10. The number of esters is 2. The number of pyridine rings is 2. The van der Waals surface area contributed by atoms with Gasteiger partial charge in [0.05, 0.1) is 11.4 Å². The summed E-state index contributed by atoms with van der Waals surface area (Å²) in [5.41, 5.74) is 5.10. The van der Waals surface area contributed by atoms with Gasteiger partial charge in [-0.3, -0.25) is 19.2 Å². The molecule has 3 N–H and O–H groups in total. The molecule has 1 amide bonds. The number of amides is 1. The van der Waals surface area contributed by atoms with Gasteiger partial charge in [-0.2, -0.15) is 19.2 Å². The maximum absolute atomic E-state index is 13.2. The number of nitrogens with one attached hydrogen (secondary N) is 1. The molecule has 19 heteroatoms. The fourth-order valence-corrected chi connectivity index (χ4v) is 1.77. The van der Waals surface area contributed by atoms with Gasteiger partial charge in [0.2, 0.25) is 0 Å². The molecule has 0 saturated heterocycles. The van der Waals surface area contributed by atoms with E-state index >= 15 is 0 Å². The molecule has 0 bridgehead atoms. The Hall–Kier alpha value is -5.05. The molecule has 0 spiro atoms. The zero-order valence-electron chi connectivity index (χ0n) is 21.5. The summed E-state index contributed by atoms with van der Waals surface area (Å²) < 4.78 is 59.3. The van der Waals surface area contributed by atoms with E-state index in [1.54, 1.807) is 0 Å². The highest BCUT2D eigenvalue weighted by atomic mass is 35.5. The van der Waals surface area contributed by atoms with E-state index in [1.165, 1.54) is 20.8 Å². The highest BCUT2D eigenvalue weighted by Gasteiger charge is 2.12. The van der Waals surface area contributed by atoms with Crippen molar-refractivity contribution in [3.63, 3.8) is 0 Å². The molecule has 0 unspecified atom stereocenters. The summed E-state index contributed by atoms with van der Waals surface area (Å²) in [6.45, 7) is 4.21. The van der Waals surface area contributed by atoms with Crippen LogP contribution in [0.2, 0.25) is 0 Å². The van der Waals surface area contributed by atoms with Gasteiger partial charge in [-0.1, -0.05) is 7.43 Å². The molecule has 0 radical (unpaired) electrons. The van der Waals surface area contributed by atoms with Gasteiger partial charge in [0.25, 0.3) is 11.1 Å². The lowest BCUT2D eigenvalue weighted by Crippen LogP contribution is -2.21. The van der Waals surface area contributed by atoms with E-state index in [0.29, 0.717) is 6.07 Å². The first-order valence-electron chi connectivity index (χ1n) is 10.1. The number of rotatable bonds is 5. The van der Waals surface area contributed by atoms with Gasteiger partial charge in [-0.25, -0.2) is 27.5 Å². The second-order valence-electron chi connectivity index (χ2n) is 6.44. The number of ether oxygens (including phenoxy) is 2. The van der Waals surface area contributed by atoms with Crippen molar-refractivity contribution >= 4 is 58.6 Å². The summed E-state index contributed by atoms with van der Waals surface area (Å²) in [5.74, 6) is -5.85. The van der Waals surface area contributed by atoms with Crippen molar-refractivity contribution in [3.05, 3.63) is 46.8 Å². The van der Waals surface area contributed by atoms with Crippen LogP contribution in [0.25, 0.3) is 0 Å². The topological polar surface area (TPSA) is 219 Å². The van der Waals surface area contributed by atoms with Crippen molar-refractivity contribution in [1.82, 2.24) is 9.97 Å². The molecule has 0 atom stereocenters. The Balaban J connectivity index is -0.000000247. The quantitative estimate of drug-likeness (QED) is 0.276. The molecule has 232 valence electrons. The Morgan fingerprint density at radius 3 is 1.55 bits per heavy atom. The van der Waals surface area contributed by atoms with Crippen LogP contribution in [0.4, 0.5) is 29.2 Å². The van der Waals surface area contributed by atoms with E-state index in [9.17, 15) is 36.7 Å². The average molecular weight is 629 g/mol. The summed E-state index contributed by atoms with van der Waals surface area (Å²) in [7, 11) is 0. The number of aryl methyl sites for hydroxylation is 2. The maximum Gasteiger partial charge on any atom is 0.373 e. The molecule has 0 aromatic carbocycles. The van der Waals surface area contributed by atoms with Crippen molar-refractivity contribution in [1.29, 1.82) is 0 Å². The fourth-order valence-electron chi connectivity index (χ4n) is 1.72. The molecule has 0 aliphatic heterocycles. The monoisotopic (exact) mass is 628 g/mol. The number of anilines is 2. The minimum atomic E-state index is -0.996. The van der Waals surface area contributed by atoms with Crippen LogP contribution in [0.3, 0.4) is 0 Å².